The summed E-state index contributed by atoms with van der Waals surface area (Å²) in [5.41, 5.74) is 2.74. The average Bonchev–Trinajstić information content (AvgIpc) is 2.23. The Kier molecular flexibility index (Phi) is 2.14. The summed E-state index contributed by atoms with van der Waals surface area (Å²) in [5.74, 6) is 0. The molecule has 0 bridgehead atoms. The molecule has 0 aliphatic rings. The molecule has 0 saturated heterocycles. The van der Waals surface area contributed by atoms with Gasteiger partial charge in [-0.15, -0.1) is 0 Å². The summed E-state index contributed by atoms with van der Waals surface area (Å²) in [7, 11) is 0. The Bertz CT molecular complexity index is 480. The van der Waals surface area contributed by atoms with Gasteiger partial charge in [0.15, 0.2) is 0 Å². The first kappa shape index (κ1) is 8.69. The lowest BCUT2D eigenvalue weighted by Gasteiger charge is -2.05. The smallest absolute Gasteiger partial charge is 0.211 e. The van der Waals surface area contributed by atoms with Crippen molar-refractivity contribution in [1.29, 1.82) is 0 Å². The van der Waals surface area contributed by atoms with Crippen molar-refractivity contribution in [3.05, 3.63) is 36.0 Å². The first-order valence-electron chi connectivity index (χ1n) is 4.37. The second-order valence-corrected chi connectivity index (χ2v) is 3.09. The monoisotopic (exact) mass is 186 g/mol. The summed E-state index contributed by atoms with van der Waals surface area (Å²) in [6.45, 7) is 2.02. The number of rotatable bonds is 2. The summed E-state index contributed by atoms with van der Waals surface area (Å²) in [4.78, 5) is 14.6. The third-order valence-electron chi connectivity index (χ3n) is 2.20. The number of carbonyl (C=O) groups is 1. The minimum atomic E-state index is 0.665. The highest BCUT2D eigenvalue weighted by atomic mass is 16.1. The standard InChI is InChI=1S/C11H10N2O/c1-8-4-5-10(13-7-14)11-9(8)3-2-6-12-11/h2-7H,1H3,(H,13,14). The lowest BCUT2D eigenvalue weighted by molar-refractivity contribution is -0.105. The van der Waals surface area contributed by atoms with E-state index in [4.69, 9.17) is 0 Å². The highest BCUT2D eigenvalue weighted by Crippen LogP contribution is 2.23. The number of nitrogens with zero attached hydrogens (tertiary/aromatic N) is 1. The largest absolute Gasteiger partial charge is 0.327 e. The zero-order valence-corrected chi connectivity index (χ0v) is 7.82. The van der Waals surface area contributed by atoms with Gasteiger partial charge in [0.2, 0.25) is 6.41 Å². The molecule has 3 heteroatoms. The first-order chi connectivity index (χ1) is 6.83. The van der Waals surface area contributed by atoms with Crippen LogP contribution in [0.5, 0.6) is 0 Å². The number of aromatic nitrogens is 1. The Balaban J connectivity index is 2.74. The van der Waals surface area contributed by atoms with Crippen LogP contribution in [-0.4, -0.2) is 11.4 Å². The second kappa shape index (κ2) is 3.46. The summed E-state index contributed by atoms with van der Waals surface area (Å²) in [6.07, 6.45) is 2.39. The Morgan fingerprint density at radius 3 is 3.00 bits per heavy atom. The van der Waals surface area contributed by atoms with E-state index in [0.29, 0.717) is 6.41 Å². The minimum absolute atomic E-state index is 0.665. The summed E-state index contributed by atoms with van der Waals surface area (Å²) >= 11 is 0. The van der Waals surface area contributed by atoms with Crippen molar-refractivity contribution in [3.8, 4) is 0 Å². The van der Waals surface area contributed by atoms with Crippen molar-refractivity contribution in [2.45, 2.75) is 6.92 Å². The van der Waals surface area contributed by atoms with Crippen molar-refractivity contribution in [2.75, 3.05) is 5.32 Å². The quantitative estimate of drug-likeness (QED) is 0.730. The summed E-state index contributed by atoms with van der Waals surface area (Å²) < 4.78 is 0. The van der Waals surface area contributed by atoms with Gasteiger partial charge in [-0.1, -0.05) is 12.1 Å². The van der Waals surface area contributed by atoms with E-state index in [2.05, 4.69) is 10.3 Å². The Morgan fingerprint density at radius 2 is 2.21 bits per heavy atom. The van der Waals surface area contributed by atoms with E-state index >= 15 is 0 Å². The summed E-state index contributed by atoms with van der Waals surface area (Å²) in [6, 6.07) is 7.71. The predicted octanol–water partition coefficient (Wildman–Crippen LogP) is 2.11. The number of nitrogens with one attached hydrogen (secondary N) is 1. The van der Waals surface area contributed by atoms with Crippen LogP contribution in [0.1, 0.15) is 5.56 Å². The van der Waals surface area contributed by atoms with Crippen LogP contribution in [0.2, 0.25) is 0 Å². The molecule has 0 atom stereocenters. The predicted molar refractivity (Wildman–Crippen MR) is 56.2 cm³/mol. The fourth-order valence-electron chi connectivity index (χ4n) is 1.50. The molecule has 1 aromatic carbocycles. The fraction of sp³-hybridized carbons (Fsp3) is 0.0909. The van der Waals surface area contributed by atoms with Crippen LogP contribution in [0.15, 0.2) is 30.5 Å². The van der Waals surface area contributed by atoms with Crippen LogP contribution in [0.25, 0.3) is 10.9 Å². The molecule has 0 spiro atoms. The first-order valence-corrected chi connectivity index (χ1v) is 4.37. The molecule has 0 unspecified atom stereocenters. The van der Waals surface area contributed by atoms with Gasteiger partial charge in [0, 0.05) is 11.6 Å². The maximum absolute atomic E-state index is 10.4. The molecule has 1 heterocycles. The normalized spacial score (nSPS) is 10.1. The number of carbonyl (C=O) groups excluding carboxylic acids is 1. The minimum Gasteiger partial charge on any atom is -0.327 e. The van der Waals surface area contributed by atoms with E-state index in [1.807, 2.05) is 31.2 Å². The third kappa shape index (κ3) is 1.33. The lowest BCUT2D eigenvalue weighted by Crippen LogP contribution is -1.96. The molecule has 14 heavy (non-hydrogen) atoms. The van der Waals surface area contributed by atoms with Gasteiger partial charge < -0.3 is 5.32 Å². The molecule has 1 aromatic heterocycles. The van der Waals surface area contributed by atoms with Crippen molar-refractivity contribution in [3.63, 3.8) is 0 Å². The van der Waals surface area contributed by atoms with E-state index in [-0.39, 0.29) is 0 Å². The van der Waals surface area contributed by atoms with Gasteiger partial charge in [-0.05, 0) is 24.6 Å². The molecule has 1 amide bonds. The van der Waals surface area contributed by atoms with Crippen molar-refractivity contribution < 1.29 is 4.79 Å². The number of benzene rings is 1. The molecule has 0 radical (unpaired) electrons. The van der Waals surface area contributed by atoms with Crippen molar-refractivity contribution in [1.82, 2.24) is 4.98 Å². The number of hydrogen-bond donors (Lipinski definition) is 1. The van der Waals surface area contributed by atoms with E-state index in [1.54, 1.807) is 6.20 Å². The number of pyridine rings is 1. The molecule has 70 valence electrons. The SMILES string of the molecule is Cc1ccc(NC=O)c2ncccc12. The number of aryl methyl sites for hydroxylation is 1. The molecule has 0 fully saturated rings. The zero-order valence-electron chi connectivity index (χ0n) is 7.82. The third-order valence-corrected chi connectivity index (χ3v) is 2.20. The highest BCUT2D eigenvalue weighted by Gasteiger charge is 2.02. The second-order valence-electron chi connectivity index (χ2n) is 3.09. The molecular weight excluding hydrogens is 176 g/mol. The molecule has 2 rings (SSSR count). The number of anilines is 1. The lowest BCUT2D eigenvalue weighted by atomic mass is 10.1. The van der Waals surface area contributed by atoms with Crippen LogP contribution in [0, 0.1) is 6.92 Å². The van der Waals surface area contributed by atoms with E-state index in [9.17, 15) is 4.79 Å². The molecule has 0 saturated carbocycles. The molecule has 1 N–H and O–H groups in total. The van der Waals surface area contributed by atoms with Gasteiger partial charge >= 0.3 is 0 Å². The topological polar surface area (TPSA) is 42.0 Å². The molecule has 2 aromatic rings. The van der Waals surface area contributed by atoms with E-state index in [1.165, 1.54) is 0 Å². The Labute approximate surface area is 81.8 Å². The van der Waals surface area contributed by atoms with Gasteiger partial charge in [-0.3, -0.25) is 9.78 Å². The van der Waals surface area contributed by atoms with Gasteiger partial charge in [-0.25, -0.2) is 0 Å². The van der Waals surface area contributed by atoms with Gasteiger partial charge in [0.1, 0.15) is 0 Å². The maximum Gasteiger partial charge on any atom is 0.211 e. The fourth-order valence-corrected chi connectivity index (χ4v) is 1.50. The Hall–Kier alpha value is -1.90. The van der Waals surface area contributed by atoms with E-state index in [0.717, 1.165) is 22.2 Å². The van der Waals surface area contributed by atoms with Crippen LogP contribution in [0.4, 0.5) is 5.69 Å². The summed E-state index contributed by atoms with van der Waals surface area (Å²) in [5, 5.41) is 3.70. The number of amides is 1. The van der Waals surface area contributed by atoms with Crippen LogP contribution < -0.4 is 5.32 Å². The number of fused-ring (bicyclic) bond motifs is 1. The maximum atomic E-state index is 10.4. The Morgan fingerprint density at radius 1 is 1.36 bits per heavy atom. The van der Waals surface area contributed by atoms with Crippen molar-refractivity contribution in [2.24, 2.45) is 0 Å². The average molecular weight is 186 g/mol. The van der Waals surface area contributed by atoms with Crippen LogP contribution in [-0.2, 0) is 4.79 Å². The van der Waals surface area contributed by atoms with Crippen LogP contribution >= 0.6 is 0 Å². The zero-order chi connectivity index (χ0) is 9.97. The van der Waals surface area contributed by atoms with Crippen molar-refractivity contribution >= 4 is 23.0 Å². The van der Waals surface area contributed by atoms with Gasteiger partial charge in [0.25, 0.3) is 0 Å². The molecule has 0 aliphatic heterocycles. The van der Waals surface area contributed by atoms with Gasteiger partial charge in [-0.2, -0.15) is 0 Å². The number of hydrogen-bond acceptors (Lipinski definition) is 2. The molecular formula is C11H10N2O. The molecule has 0 aliphatic carbocycles. The van der Waals surface area contributed by atoms with Gasteiger partial charge in [0.05, 0.1) is 11.2 Å². The van der Waals surface area contributed by atoms with E-state index < -0.39 is 0 Å². The molecule has 3 nitrogen and oxygen atoms in total. The highest BCUT2D eigenvalue weighted by molar-refractivity contribution is 5.95. The van der Waals surface area contributed by atoms with Crippen LogP contribution in [0.3, 0.4) is 0 Å².